The fourth-order valence-electron chi connectivity index (χ4n) is 3.04. The molecule has 1 heterocycles. The highest BCUT2D eigenvalue weighted by molar-refractivity contribution is 8.18. The van der Waals surface area contributed by atoms with Crippen LogP contribution in [0, 0.1) is 5.82 Å². The lowest BCUT2D eigenvalue weighted by Gasteiger charge is -2.13. The lowest BCUT2D eigenvalue weighted by Crippen LogP contribution is -2.27. The molecular formula is C24H18FNO3S. The minimum absolute atomic E-state index is 0.0964. The van der Waals surface area contributed by atoms with E-state index in [4.69, 9.17) is 4.74 Å². The first-order valence-electron chi connectivity index (χ1n) is 9.36. The molecular weight excluding hydrogens is 401 g/mol. The zero-order valence-electron chi connectivity index (χ0n) is 16.0. The largest absolute Gasteiger partial charge is 0.488 e. The van der Waals surface area contributed by atoms with Gasteiger partial charge in [0.05, 0.1) is 11.4 Å². The molecule has 1 aliphatic heterocycles. The molecule has 1 fully saturated rings. The molecule has 0 unspecified atom stereocenters. The van der Waals surface area contributed by atoms with Crippen molar-refractivity contribution < 1.29 is 18.7 Å². The first-order chi connectivity index (χ1) is 14.6. The van der Waals surface area contributed by atoms with Crippen LogP contribution in [0.3, 0.4) is 0 Å². The van der Waals surface area contributed by atoms with E-state index in [1.807, 2.05) is 54.6 Å². The van der Waals surface area contributed by atoms with E-state index in [0.29, 0.717) is 23.5 Å². The topological polar surface area (TPSA) is 46.6 Å². The Morgan fingerprint density at radius 3 is 2.40 bits per heavy atom. The van der Waals surface area contributed by atoms with Gasteiger partial charge in [0.15, 0.2) is 0 Å². The van der Waals surface area contributed by atoms with Gasteiger partial charge in [0.2, 0.25) is 0 Å². The Balaban J connectivity index is 1.53. The van der Waals surface area contributed by atoms with Gasteiger partial charge in [-0.25, -0.2) is 4.39 Å². The van der Waals surface area contributed by atoms with Crippen LogP contribution in [0.4, 0.5) is 9.18 Å². The van der Waals surface area contributed by atoms with E-state index < -0.39 is 17.0 Å². The molecule has 0 spiro atoms. The van der Waals surface area contributed by atoms with Crippen molar-refractivity contribution in [1.82, 2.24) is 4.90 Å². The summed E-state index contributed by atoms with van der Waals surface area (Å²) in [5.74, 6) is -0.270. The standard InChI is InChI=1S/C24H18FNO3S/c25-20-12-6-4-11-19(20)15-26-23(27)22(30-24(26)28)14-18-10-5-7-13-21(18)29-16-17-8-2-1-3-9-17/h1-14H,15-16H2/b22-14-. The fraction of sp³-hybridized carbons (Fsp3) is 0.0833. The van der Waals surface area contributed by atoms with E-state index in [2.05, 4.69) is 0 Å². The van der Waals surface area contributed by atoms with Crippen LogP contribution in [0.1, 0.15) is 16.7 Å². The summed E-state index contributed by atoms with van der Waals surface area (Å²) in [7, 11) is 0. The van der Waals surface area contributed by atoms with Crippen LogP contribution in [0.5, 0.6) is 5.75 Å². The number of hydrogen-bond donors (Lipinski definition) is 0. The van der Waals surface area contributed by atoms with E-state index >= 15 is 0 Å². The molecule has 3 aromatic carbocycles. The van der Waals surface area contributed by atoms with E-state index in [1.165, 1.54) is 6.07 Å². The Morgan fingerprint density at radius 1 is 0.900 bits per heavy atom. The number of ether oxygens (including phenoxy) is 1. The van der Waals surface area contributed by atoms with Gasteiger partial charge < -0.3 is 4.74 Å². The Kier molecular flexibility index (Phi) is 5.95. The quantitative estimate of drug-likeness (QED) is 0.485. The molecule has 0 aliphatic carbocycles. The van der Waals surface area contributed by atoms with Crippen molar-refractivity contribution in [2.24, 2.45) is 0 Å². The van der Waals surface area contributed by atoms with Gasteiger partial charge in [-0.05, 0) is 35.5 Å². The highest BCUT2D eigenvalue weighted by Gasteiger charge is 2.35. The number of benzene rings is 3. The third kappa shape index (κ3) is 4.44. The van der Waals surface area contributed by atoms with Crippen LogP contribution in [-0.2, 0) is 17.9 Å². The predicted octanol–water partition coefficient (Wildman–Crippen LogP) is 5.64. The molecule has 0 saturated carbocycles. The summed E-state index contributed by atoms with van der Waals surface area (Å²) in [6, 6.07) is 23.2. The van der Waals surface area contributed by atoms with Crippen LogP contribution in [0.2, 0.25) is 0 Å². The lowest BCUT2D eigenvalue weighted by atomic mass is 10.1. The van der Waals surface area contributed by atoms with Crippen molar-refractivity contribution >= 4 is 29.0 Å². The molecule has 0 atom stereocenters. The first kappa shape index (κ1) is 19.9. The monoisotopic (exact) mass is 419 g/mol. The first-order valence-corrected chi connectivity index (χ1v) is 10.2. The highest BCUT2D eigenvalue weighted by atomic mass is 32.2. The number of imide groups is 1. The Labute approximate surface area is 178 Å². The summed E-state index contributed by atoms with van der Waals surface area (Å²) < 4.78 is 19.9. The minimum Gasteiger partial charge on any atom is -0.488 e. The van der Waals surface area contributed by atoms with Gasteiger partial charge in [-0.1, -0.05) is 66.7 Å². The van der Waals surface area contributed by atoms with Gasteiger partial charge in [0, 0.05) is 11.1 Å². The summed E-state index contributed by atoms with van der Waals surface area (Å²) >= 11 is 0.845. The maximum absolute atomic E-state index is 13.9. The SMILES string of the molecule is O=C1S/C(=C\c2ccccc2OCc2ccccc2)C(=O)N1Cc1ccccc1F. The van der Waals surface area contributed by atoms with Crippen LogP contribution in [0.25, 0.3) is 6.08 Å². The van der Waals surface area contributed by atoms with Crippen LogP contribution in [0.15, 0.2) is 83.8 Å². The summed E-state index contributed by atoms with van der Waals surface area (Å²) in [6.07, 6.45) is 1.65. The Bertz CT molecular complexity index is 1110. The number of carbonyl (C=O) groups is 2. The van der Waals surface area contributed by atoms with Gasteiger partial charge in [0.1, 0.15) is 18.2 Å². The number of thioether (sulfide) groups is 1. The van der Waals surface area contributed by atoms with E-state index in [1.54, 1.807) is 24.3 Å². The zero-order chi connectivity index (χ0) is 20.9. The second kappa shape index (κ2) is 8.97. The number of hydrogen-bond acceptors (Lipinski definition) is 4. The second-order valence-electron chi connectivity index (χ2n) is 6.67. The average molecular weight is 419 g/mol. The van der Waals surface area contributed by atoms with Crippen LogP contribution < -0.4 is 4.74 Å². The summed E-state index contributed by atoms with van der Waals surface area (Å²) in [4.78, 5) is 26.5. The fourth-order valence-corrected chi connectivity index (χ4v) is 3.87. The number of amides is 2. The molecule has 2 amide bonds. The molecule has 0 N–H and O–H groups in total. The number of rotatable bonds is 6. The number of nitrogens with zero attached hydrogens (tertiary/aromatic N) is 1. The molecule has 6 heteroatoms. The van der Waals surface area contributed by atoms with Gasteiger partial charge in [-0.3, -0.25) is 14.5 Å². The Morgan fingerprint density at radius 2 is 1.60 bits per heavy atom. The molecule has 4 nitrogen and oxygen atoms in total. The van der Waals surface area contributed by atoms with E-state index in [-0.39, 0.29) is 11.4 Å². The average Bonchev–Trinajstić information content (AvgIpc) is 3.03. The summed E-state index contributed by atoms with van der Waals surface area (Å²) in [5.41, 5.74) is 2.02. The molecule has 30 heavy (non-hydrogen) atoms. The third-order valence-electron chi connectivity index (χ3n) is 4.60. The normalized spacial score (nSPS) is 15.1. The minimum atomic E-state index is -0.444. The maximum atomic E-state index is 13.9. The number of halogens is 1. The van der Waals surface area contributed by atoms with Crippen LogP contribution >= 0.6 is 11.8 Å². The number of carbonyl (C=O) groups excluding carboxylic acids is 2. The van der Waals surface area contributed by atoms with Crippen molar-refractivity contribution in [2.75, 3.05) is 0 Å². The molecule has 1 saturated heterocycles. The van der Waals surface area contributed by atoms with Gasteiger partial charge in [-0.15, -0.1) is 0 Å². The maximum Gasteiger partial charge on any atom is 0.293 e. The molecule has 4 rings (SSSR count). The molecule has 3 aromatic rings. The van der Waals surface area contributed by atoms with Gasteiger partial charge in [-0.2, -0.15) is 0 Å². The van der Waals surface area contributed by atoms with E-state index in [9.17, 15) is 14.0 Å². The van der Waals surface area contributed by atoms with E-state index in [0.717, 1.165) is 22.2 Å². The summed E-state index contributed by atoms with van der Waals surface area (Å²) in [6.45, 7) is 0.293. The molecule has 0 bridgehead atoms. The molecule has 1 aliphatic rings. The predicted molar refractivity (Wildman–Crippen MR) is 115 cm³/mol. The van der Waals surface area contributed by atoms with Crippen molar-refractivity contribution in [3.8, 4) is 5.75 Å². The number of para-hydroxylation sites is 1. The third-order valence-corrected chi connectivity index (χ3v) is 5.51. The van der Waals surface area contributed by atoms with Crippen LogP contribution in [-0.4, -0.2) is 16.0 Å². The van der Waals surface area contributed by atoms with Crippen molar-refractivity contribution in [1.29, 1.82) is 0 Å². The van der Waals surface area contributed by atoms with Crippen molar-refractivity contribution in [3.63, 3.8) is 0 Å². The molecule has 150 valence electrons. The second-order valence-corrected chi connectivity index (χ2v) is 7.66. The van der Waals surface area contributed by atoms with Crippen molar-refractivity contribution in [2.45, 2.75) is 13.2 Å². The lowest BCUT2D eigenvalue weighted by molar-refractivity contribution is -0.123. The van der Waals surface area contributed by atoms with Gasteiger partial charge in [0.25, 0.3) is 11.1 Å². The Hall–Kier alpha value is -3.38. The van der Waals surface area contributed by atoms with Crippen molar-refractivity contribution in [3.05, 3.63) is 106 Å². The smallest absolute Gasteiger partial charge is 0.293 e. The highest BCUT2D eigenvalue weighted by Crippen LogP contribution is 2.35. The van der Waals surface area contributed by atoms with Gasteiger partial charge >= 0.3 is 0 Å². The molecule has 0 aromatic heterocycles. The molecule has 0 radical (unpaired) electrons. The zero-order valence-corrected chi connectivity index (χ0v) is 16.8. The summed E-state index contributed by atoms with van der Waals surface area (Å²) in [5, 5.41) is -0.419.